The topological polar surface area (TPSA) is 63.4 Å². The van der Waals surface area contributed by atoms with E-state index in [0.29, 0.717) is 4.60 Å². The molecular weight excluding hydrogens is 324 g/mol. The molecule has 1 atom stereocenters. The molecule has 1 aliphatic carbocycles. The van der Waals surface area contributed by atoms with Crippen molar-refractivity contribution < 1.29 is 9.84 Å². The van der Waals surface area contributed by atoms with Gasteiger partial charge in [0.1, 0.15) is 11.8 Å². The molecule has 0 aromatic carbocycles. The Morgan fingerprint density at radius 3 is 2.50 bits per heavy atom. The smallest absolute Gasteiger partial charge is 0.154 e. The Labute approximate surface area is 127 Å². The lowest BCUT2D eigenvalue weighted by Crippen LogP contribution is -2.55. The monoisotopic (exact) mass is 344 g/mol. The van der Waals surface area contributed by atoms with Gasteiger partial charge in [-0.3, -0.25) is 4.90 Å². The predicted octanol–water partition coefficient (Wildman–Crippen LogP) is 1.26. The zero-order valence-corrected chi connectivity index (χ0v) is 13.3. The van der Waals surface area contributed by atoms with Gasteiger partial charge in [-0.05, 0) is 28.8 Å². The number of aliphatic hydroxyl groups excluding tert-OH is 1. The van der Waals surface area contributed by atoms with Gasteiger partial charge in [0.05, 0.1) is 18.8 Å². The minimum atomic E-state index is -0.572. The van der Waals surface area contributed by atoms with E-state index in [1.807, 2.05) is 7.05 Å². The second-order valence-electron chi connectivity index (χ2n) is 5.70. The highest BCUT2D eigenvalue weighted by atomic mass is 79.9. The Bertz CT molecular complexity index is 447. The van der Waals surface area contributed by atoms with Crippen LogP contribution in [0.5, 0.6) is 0 Å². The zero-order chi connectivity index (χ0) is 14.2. The van der Waals surface area contributed by atoms with Gasteiger partial charge in [-0.2, -0.15) is 0 Å². The van der Waals surface area contributed by atoms with Gasteiger partial charge in [-0.25, -0.2) is 4.68 Å². The number of aliphatic hydroxyl groups is 1. The summed E-state index contributed by atoms with van der Waals surface area (Å²) in [5.74, 6) is 0. The van der Waals surface area contributed by atoms with Crippen molar-refractivity contribution >= 4 is 15.9 Å². The molecule has 20 heavy (non-hydrogen) atoms. The van der Waals surface area contributed by atoms with E-state index in [-0.39, 0.29) is 5.54 Å². The van der Waals surface area contributed by atoms with Crippen LogP contribution in [0.15, 0.2) is 4.60 Å². The van der Waals surface area contributed by atoms with Crippen LogP contribution >= 0.6 is 15.9 Å². The predicted molar refractivity (Wildman–Crippen MR) is 77.3 cm³/mol. The molecule has 3 rings (SSSR count). The van der Waals surface area contributed by atoms with Crippen molar-refractivity contribution in [1.29, 1.82) is 0 Å². The Morgan fingerprint density at radius 1 is 1.30 bits per heavy atom. The summed E-state index contributed by atoms with van der Waals surface area (Å²) in [6.07, 6.45) is 3.80. The molecule has 2 heterocycles. The van der Waals surface area contributed by atoms with Crippen LogP contribution in [-0.2, 0) is 11.8 Å². The van der Waals surface area contributed by atoms with E-state index in [2.05, 4.69) is 31.1 Å². The molecule has 1 saturated carbocycles. The van der Waals surface area contributed by atoms with Crippen LogP contribution in [0, 0.1) is 0 Å². The molecule has 112 valence electrons. The van der Waals surface area contributed by atoms with Gasteiger partial charge in [0, 0.05) is 20.1 Å². The molecule has 0 radical (unpaired) electrons. The minimum Gasteiger partial charge on any atom is -0.385 e. The Hall–Kier alpha value is -0.500. The normalized spacial score (nSPS) is 24.9. The molecule has 1 aromatic rings. The number of hydrogen-bond acceptors (Lipinski definition) is 5. The molecule has 1 aliphatic heterocycles. The first-order valence-electron chi connectivity index (χ1n) is 7.21. The van der Waals surface area contributed by atoms with Gasteiger partial charge < -0.3 is 9.84 Å². The summed E-state index contributed by atoms with van der Waals surface area (Å²) < 4.78 is 7.78. The van der Waals surface area contributed by atoms with Crippen LogP contribution in [0.3, 0.4) is 0 Å². The van der Waals surface area contributed by atoms with Crippen molar-refractivity contribution in [2.75, 3.05) is 26.3 Å². The third kappa shape index (κ3) is 2.30. The van der Waals surface area contributed by atoms with E-state index in [1.54, 1.807) is 4.68 Å². The van der Waals surface area contributed by atoms with Crippen molar-refractivity contribution in [3.8, 4) is 0 Å². The molecule has 0 amide bonds. The summed E-state index contributed by atoms with van der Waals surface area (Å²) in [4.78, 5) is 2.41. The third-order valence-electron chi connectivity index (χ3n) is 4.70. The maximum absolute atomic E-state index is 11.1. The van der Waals surface area contributed by atoms with E-state index >= 15 is 0 Å². The average molecular weight is 345 g/mol. The van der Waals surface area contributed by atoms with Gasteiger partial charge in [-0.15, -0.1) is 5.10 Å². The molecule has 1 N–H and O–H groups in total. The van der Waals surface area contributed by atoms with Gasteiger partial charge in [0.2, 0.25) is 0 Å². The van der Waals surface area contributed by atoms with Crippen LogP contribution in [-0.4, -0.2) is 56.8 Å². The lowest BCUT2D eigenvalue weighted by Gasteiger charge is -2.46. The molecule has 0 bridgehead atoms. The summed E-state index contributed by atoms with van der Waals surface area (Å²) >= 11 is 3.42. The fourth-order valence-corrected chi connectivity index (χ4v) is 4.19. The molecule has 2 fully saturated rings. The highest BCUT2D eigenvalue weighted by Crippen LogP contribution is 2.45. The van der Waals surface area contributed by atoms with Crippen molar-refractivity contribution in [2.45, 2.75) is 37.3 Å². The van der Waals surface area contributed by atoms with Gasteiger partial charge in [0.25, 0.3) is 0 Å². The largest absolute Gasteiger partial charge is 0.385 e. The number of nitrogens with zero attached hydrogens (tertiary/aromatic N) is 4. The van der Waals surface area contributed by atoms with Crippen molar-refractivity contribution in [3.63, 3.8) is 0 Å². The molecule has 1 unspecified atom stereocenters. The molecule has 7 heteroatoms. The fraction of sp³-hybridized carbons (Fsp3) is 0.846. The van der Waals surface area contributed by atoms with E-state index in [1.165, 1.54) is 0 Å². The summed E-state index contributed by atoms with van der Waals surface area (Å²) in [6.45, 7) is 3.28. The fourth-order valence-electron chi connectivity index (χ4n) is 3.64. The summed E-state index contributed by atoms with van der Waals surface area (Å²) in [6, 6.07) is 0. The van der Waals surface area contributed by atoms with E-state index < -0.39 is 6.10 Å². The maximum atomic E-state index is 11.1. The molecule has 0 spiro atoms. The zero-order valence-electron chi connectivity index (χ0n) is 11.8. The number of rotatable bonds is 3. The van der Waals surface area contributed by atoms with Crippen LogP contribution < -0.4 is 0 Å². The second-order valence-corrected chi connectivity index (χ2v) is 6.45. The van der Waals surface area contributed by atoms with Gasteiger partial charge in [0.15, 0.2) is 4.60 Å². The van der Waals surface area contributed by atoms with Gasteiger partial charge in [-0.1, -0.05) is 18.1 Å². The summed E-state index contributed by atoms with van der Waals surface area (Å²) in [5.41, 5.74) is 0.584. The third-order valence-corrected chi connectivity index (χ3v) is 5.27. The second kappa shape index (κ2) is 5.71. The van der Waals surface area contributed by atoms with Crippen molar-refractivity contribution in [1.82, 2.24) is 19.9 Å². The number of aryl methyl sites for hydroxylation is 1. The molecule has 6 nitrogen and oxygen atoms in total. The molecular formula is C13H21BrN4O2. The van der Waals surface area contributed by atoms with E-state index in [0.717, 1.165) is 57.7 Å². The quantitative estimate of drug-likeness (QED) is 0.894. The lowest BCUT2D eigenvalue weighted by atomic mass is 9.86. The van der Waals surface area contributed by atoms with Crippen LogP contribution in [0.1, 0.15) is 37.5 Å². The minimum absolute atomic E-state index is 0.193. The number of hydrogen-bond donors (Lipinski definition) is 1. The maximum Gasteiger partial charge on any atom is 0.154 e. The molecule has 1 saturated heterocycles. The van der Waals surface area contributed by atoms with E-state index in [9.17, 15) is 5.11 Å². The summed E-state index contributed by atoms with van der Waals surface area (Å²) in [5, 5.41) is 19.1. The number of aromatic nitrogens is 3. The van der Waals surface area contributed by atoms with Crippen LogP contribution in [0.4, 0.5) is 0 Å². The lowest BCUT2D eigenvalue weighted by molar-refractivity contribution is -0.0798. The Balaban J connectivity index is 1.93. The summed E-state index contributed by atoms with van der Waals surface area (Å²) in [7, 11) is 1.83. The van der Waals surface area contributed by atoms with Crippen LogP contribution in [0.2, 0.25) is 0 Å². The number of halogens is 1. The average Bonchev–Trinajstić information content (AvgIpc) is 3.08. The van der Waals surface area contributed by atoms with Crippen molar-refractivity contribution in [3.05, 3.63) is 10.3 Å². The standard InChI is InChI=1S/C13H21BrN4O2/c1-17-10(12(14)15-16-17)11(19)13(4-2-3-5-13)18-6-8-20-9-7-18/h11,19H,2-9H2,1H3. The van der Waals surface area contributed by atoms with E-state index in [4.69, 9.17) is 4.74 Å². The van der Waals surface area contributed by atoms with Crippen LogP contribution in [0.25, 0.3) is 0 Å². The van der Waals surface area contributed by atoms with Gasteiger partial charge >= 0.3 is 0 Å². The highest BCUT2D eigenvalue weighted by Gasteiger charge is 2.48. The number of ether oxygens (including phenoxy) is 1. The number of morpholine rings is 1. The molecule has 1 aromatic heterocycles. The first kappa shape index (κ1) is 14.4. The van der Waals surface area contributed by atoms with Crippen molar-refractivity contribution in [2.24, 2.45) is 7.05 Å². The SMILES string of the molecule is Cn1nnc(Br)c1C(O)C1(N2CCOCC2)CCCC1. The first-order chi connectivity index (χ1) is 9.65. The first-order valence-corrected chi connectivity index (χ1v) is 8.00. The molecule has 2 aliphatic rings. The highest BCUT2D eigenvalue weighted by molar-refractivity contribution is 9.10. The Morgan fingerprint density at radius 2 is 1.95 bits per heavy atom. The Kier molecular flexibility index (Phi) is 4.12.